The van der Waals surface area contributed by atoms with Gasteiger partial charge in [0.1, 0.15) is 5.75 Å². The maximum atomic E-state index is 12.2. The quantitative estimate of drug-likeness (QED) is 0.534. The van der Waals surface area contributed by atoms with E-state index in [9.17, 15) is 4.79 Å². The van der Waals surface area contributed by atoms with E-state index in [1.54, 1.807) is 18.2 Å². The molecule has 0 atom stereocenters. The van der Waals surface area contributed by atoms with Gasteiger partial charge in [-0.15, -0.1) is 10.2 Å². The van der Waals surface area contributed by atoms with Gasteiger partial charge < -0.3 is 14.5 Å². The maximum absolute atomic E-state index is 12.2. The number of rotatable bonds is 6. The molecule has 0 spiro atoms. The van der Waals surface area contributed by atoms with Crippen molar-refractivity contribution in [3.63, 3.8) is 0 Å². The third-order valence-electron chi connectivity index (χ3n) is 3.27. The van der Waals surface area contributed by atoms with Crippen LogP contribution in [0.25, 0.3) is 11.5 Å². The summed E-state index contributed by atoms with van der Waals surface area (Å²) in [4.78, 5) is 12.2. The lowest BCUT2D eigenvalue weighted by molar-refractivity contribution is -0.113. The van der Waals surface area contributed by atoms with Gasteiger partial charge >= 0.3 is 0 Å². The van der Waals surface area contributed by atoms with Crippen molar-refractivity contribution in [1.82, 2.24) is 10.2 Å². The highest BCUT2D eigenvalue weighted by Crippen LogP contribution is 2.30. The van der Waals surface area contributed by atoms with Crippen LogP contribution < -0.4 is 10.1 Å². The topological polar surface area (TPSA) is 77.2 Å². The van der Waals surface area contributed by atoms with E-state index in [0.717, 1.165) is 21.8 Å². The van der Waals surface area contributed by atoms with E-state index in [4.69, 9.17) is 20.8 Å². The average molecular weight is 455 g/mol. The van der Waals surface area contributed by atoms with Crippen LogP contribution in [0.1, 0.15) is 0 Å². The standard InChI is InChI=1S/C17H13BrClN3O3S/c1-24-14-7-6-10(19)8-13(14)20-15(23)9-26-17-22-21-16(25-17)11-4-2-3-5-12(11)18/h2-8H,9H2,1H3,(H,20,23). The third-order valence-corrected chi connectivity index (χ3v) is 5.02. The molecular weight excluding hydrogens is 442 g/mol. The van der Waals surface area contributed by atoms with Crippen molar-refractivity contribution in [3.8, 4) is 17.2 Å². The number of hydrogen-bond donors (Lipinski definition) is 1. The number of benzene rings is 2. The van der Waals surface area contributed by atoms with Crippen LogP contribution in [0.15, 0.2) is 56.6 Å². The largest absolute Gasteiger partial charge is 0.495 e. The number of aromatic nitrogens is 2. The van der Waals surface area contributed by atoms with Crippen molar-refractivity contribution in [2.75, 3.05) is 18.2 Å². The van der Waals surface area contributed by atoms with Gasteiger partial charge in [0.05, 0.1) is 24.1 Å². The van der Waals surface area contributed by atoms with Crippen LogP contribution in [0.5, 0.6) is 5.75 Å². The molecule has 6 nitrogen and oxygen atoms in total. The molecule has 26 heavy (non-hydrogen) atoms. The summed E-state index contributed by atoms with van der Waals surface area (Å²) in [5.41, 5.74) is 1.30. The van der Waals surface area contributed by atoms with E-state index >= 15 is 0 Å². The lowest BCUT2D eigenvalue weighted by atomic mass is 10.2. The molecule has 3 rings (SSSR count). The third kappa shape index (κ3) is 4.57. The van der Waals surface area contributed by atoms with Gasteiger partial charge in [0, 0.05) is 9.50 Å². The molecule has 0 unspecified atom stereocenters. The second kappa shape index (κ2) is 8.57. The first-order chi connectivity index (χ1) is 12.6. The first kappa shape index (κ1) is 18.8. The van der Waals surface area contributed by atoms with E-state index in [2.05, 4.69) is 31.4 Å². The fourth-order valence-electron chi connectivity index (χ4n) is 2.10. The lowest BCUT2D eigenvalue weighted by Crippen LogP contribution is -2.14. The number of carbonyl (C=O) groups is 1. The molecule has 1 amide bonds. The number of hydrogen-bond acceptors (Lipinski definition) is 6. The Morgan fingerprint density at radius 2 is 2.12 bits per heavy atom. The molecule has 0 aliphatic rings. The number of anilines is 1. The Morgan fingerprint density at radius 1 is 1.31 bits per heavy atom. The number of nitrogens with zero attached hydrogens (tertiary/aromatic N) is 2. The Morgan fingerprint density at radius 3 is 2.88 bits per heavy atom. The van der Waals surface area contributed by atoms with Gasteiger partial charge in [-0.2, -0.15) is 0 Å². The molecule has 1 aromatic heterocycles. The van der Waals surface area contributed by atoms with Crippen molar-refractivity contribution in [2.24, 2.45) is 0 Å². The molecule has 0 fully saturated rings. The summed E-state index contributed by atoms with van der Waals surface area (Å²) < 4.78 is 11.7. The second-order valence-electron chi connectivity index (χ2n) is 5.03. The van der Waals surface area contributed by atoms with Gasteiger partial charge in [0.2, 0.25) is 11.8 Å². The van der Waals surface area contributed by atoms with E-state index in [0.29, 0.717) is 27.6 Å². The predicted molar refractivity (Wildman–Crippen MR) is 105 cm³/mol. The SMILES string of the molecule is COc1ccc(Cl)cc1NC(=O)CSc1nnc(-c2ccccc2Br)o1. The lowest BCUT2D eigenvalue weighted by Gasteiger charge is -2.09. The molecule has 0 bridgehead atoms. The van der Waals surface area contributed by atoms with E-state index in [1.807, 2.05) is 24.3 Å². The molecule has 0 radical (unpaired) electrons. The van der Waals surface area contributed by atoms with Crippen LogP contribution in [0.4, 0.5) is 5.69 Å². The van der Waals surface area contributed by atoms with Gasteiger partial charge in [0.15, 0.2) is 0 Å². The summed E-state index contributed by atoms with van der Waals surface area (Å²) in [6.07, 6.45) is 0. The van der Waals surface area contributed by atoms with Crippen LogP contribution in [0.2, 0.25) is 5.02 Å². The maximum Gasteiger partial charge on any atom is 0.277 e. The van der Waals surface area contributed by atoms with Crippen molar-refractivity contribution in [2.45, 2.75) is 5.22 Å². The average Bonchev–Trinajstić information content (AvgIpc) is 3.09. The van der Waals surface area contributed by atoms with Crippen LogP contribution >= 0.6 is 39.3 Å². The first-order valence-electron chi connectivity index (χ1n) is 7.41. The number of carbonyl (C=O) groups excluding carboxylic acids is 1. The van der Waals surface area contributed by atoms with Gasteiger partial charge in [-0.1, -0.05) is 35.5 Å². The van der Waals surface area contributed by atoms with Crippen LogP contribution in [-0.2, 0) is 4.79 Å². The minimum Gasteiger partial charge on any atom is -0.495 e. The van der Waals surface area contributed by atoms with Crippen molar-refractivity contribution in [1.29, 1.82) is 0 Å². The van der Waals surface area contributed by atoms with E-state index in [1.165, 1.54) is 7.11 Å². The van der Waals surface area contributed by atoms with Crippen LogP contribution in [0, 0.1) is 0 Å². The number of halogens is 2. The number of methoxy groups -OCH3 is 1. The molecular formula is C17H13BrClN3O3S. The molecule has 134 valence electrons. The van der Waals surface area contributed by atoms with Gasteiger partial charge in [-0.3, -0.25) is 4.79 Å². The minimum absolute atomic E-state index is 0.104. The molecule has 2 aromatic carbocycles. The fourth-order valence-corrected chi connectivity index (χ4v) is 3.29. The fraction of sp³-hybridized carbons (Fsp3) is 0.118. The number of nitrogens with one attached hydrogen (secondary N) is 1. The van der Waals surface area contributed by atoms with Crippen LogP contribution in [-0.4, -0.2) is 29.0 Å². The summed E-state index contributed by atoms with van der Waals surface area (Å²) in [7, 11) is 1.52. The Balaban J connectivity index is 1.62. The molecule has 9 heteroatoms. The first-order valence-corrected chi connectivity index (χ1v) is 9.57. The molecule has 0 saturated carbocycles. The Labute approximate surface area is 167 Å². The van der Waals surface area contributed by atoms with Crippen molar-refractivity contribution in [3.05, 3.63) is 52.0 Å². The number of thioether (sulfide) groups is 1. The summed E-state index contributed by atoms with van der Waals surface area (Å²) >= 11 is 10.5. The monoisotopic (exact) mass is 453 g/mol. The smallest absolute Gasteiger partial charge is 0.277 e. The summed E-state index contributed by atoms with van der Waals surface area (Å²) in [6.45, 7) is 0. The molecule has 1 heterocycles. The van der Waals surface area contributed by atoms with Crippen LogP contribution in [0.3, 0.4) is 0 Å². The Hall–Kier alpha value is -2.03. The normalized spacial score (nSPS) is 10.6. The molecule has 3 aromatic rings. The molecule has 1 N–H and O–H groups in total. The highest BCUT2D eigenvalue weighted by Gasteiger charge is 2.14. The zero-order valence-electron chi connectivity index (χ0n) is 13.5. The minimum atomic E-state index is -0.240. The van der Waals surface area contributed by atoms with E-state index < -0.39 is 0 Å². The van der Waals surface area contributed by atoms with E-state index in [-0.39, 0.29) is 11.7 Å². The zero-order valence-corrected chi connectivity index (χ0v) is 16.7. The van der Waals surface area contributed by atoms with Gasteiger partial charge in [-0.25, -0.2) is 0 Å². The predicted octanol–water partition coefficient (Wildman–Crippen LogP) is 4.89. The highest BCUT2D eigenvalue weighted by molar-refractivity contribution is 9.10. The zero-order chi connectivity index (χ0) is 18.5. The van der Waals surface area contributed by atoms with Gasteiger partial charge in [-0.05, 0) is 46.3 Å². The highest BCUT2D eigenvalue weighted by atomic mass is 79.9. The van der Waals surface area contributed by atoms with Crippen molar-refractivity contribution < 1.29 is 13.9 Å². The van der Waals surface area contributed by atoms with Gasteiger partial charge in [0.25, 0.3) is 5.22 Å². The molecule has 0 aliphatic heterocycles. The number of ether oxygens (including phenoxy) is 1. The summed E-state index contributed by atoms with van der Waals surface area (Å²) in [5.74, 6) is 0.780. The Kier molecular flexibility index (Phi) is 6.18. The molecule has 0 saturated heterocycles. The summed E-state index contributed by atoms with van der Waals surface area (Å²) in [5, 5.41) is 11.5. The molecule has 0 aliphatic carbocycles. The number of amides is 1. The Bertz CT molecular complexity index is 935. The second-order valence-corrected chi connectivity index (χ2v) is 7.25. The summed E-state index contributed by atoms with van der Waals surface area (Å²) in [6, 6.07) is 12.5. The van der Waals surface area contributed by atoms with Crippen molar-refractivity contribution >= 4 is 50.9 Å².